The zero-order valence-electron chi connectivity index (χ0n) is 12.0. The maximum Gasteiger partial charge on any atom is 0.335 e. The molecule has 0 radical (unpaired) electrons. The number of benzene rings is 1. The molecule has 0 amide bonds. The third kappa shape index (κ3) is 3.80. The number of aromatic carboxylic acids is 1. The summed E-state index contributed by atoms with van der Waals surface area (Å²) in [4.78, 5) is 13.4. The van der Waals surface area contributed by atoms with Crippen molar-refractivity contribution in [1.29, 1.82) is 0 Å². The molecule has 1 aliphatic carbocycles. The summed E-state index contributed by atoms with van der Waals surface area (Å²) in [6.07, 6.45) is 2.72. The molecule has 1 N–H and O–H groups in total. The number of rotatable bonds is 6. The Morgan fingerprint density at radius 1 is 1.42 bits per heavy atom. The highest BCUT2D eigenvalue weighted by Crippen LogP contribution is 2.31. The molecule has 0 aliphatic heterocycles. The highest BCUT2D eigenvalue weighted by molar-refractivity contribution is 5.87. The van der Waals surface area contributed by atoms with Gasteiger partial charge in [0.1, 0.15) is 0 Å². The van der Waals surface area contributed by atoms with Crippen LogP contribution in [-0.4, -0.2) is 28.6 Å². The first-order valence-electron chi connectivity index (χ1n) is 7.04. The fourth-order valence-corrected chi connectivity index (χ4v) is 2.32. The Kier molecular flexibility index (Phi) is 4.25. The van der Waals surface area contributed by atoms with Gasteiger partial charge in [0, 0.05) is 19.1 Å². The molecule has 2 rings (SSSR count). The maximum absolute atomic E-state index is 10.9. The van der Waals surface area contributed by atoms with Crippen LogP contribution in [0.5, 0.6) is 0 Å². The van der Waals surface area contributed by atoms with Gasteiger partial charge in [0.2, 0.25) is 0 Å². The van der Waals surface area contributed by atoms with Gasteiger partial charge in [0.25, 0.3) is 0 Å². The SMILES string of the molecule is Cc1cc(C(=O)O)ccc1CN(CC1CC1)C(C)C. The number of nitrogens with zero attached hydrogens (tertiary/aromatic N) is 1. The Balaban J connectivity index is 2.09. The molecule has 0 bridgehead atoms. The molecule has 3 heteroatoms. The number of carboxylic acids is 1. The molecule has 1 saturated carbocycles. The van der Waals surface area contributed by atoms with Crippen LogP contribution in [0, 0.1) is 12.8 Å². The van der Waals surface area contributed by atoms with Crippen LogP contribution in [0.3, 0.4) is 0 Å². The first-order valence-corrected chi connectivity index (χ1v) is 7.04. The second-order valence-electron chi connectivity index (χ2n) is 5.91. The average molecular weight is 261 g/mol. The van der Waals surface area contributed by atoms with E-state index in [1.54, 1.807) is 12.1 Å². The highest BCUT2D eigenvalue weighted by Gasteiger charge is 2.25. The van der Waals surface area contributed by atoms with Crippen molar-refractivity contribution in [1.82, 2.24) is 4.90 Å². The molecule has 1 fully saturated rings. The van der Waals surface area contributed by atoms with Crippen molar-refractivity contribution in [2.45, 2.75) is 46.2 Å². The molecule has 0 atom stereocenters. The van der Waals surface area contributed by atoms with Crippen molar-refractivity contribution in [2.75, 3.05) is 6.54 Å². The lowest BCUT2D eigenvalue weighted by Crippen LogP contribution is -2.32. The summed E-state index contributed by atoms with van der Waals surface area (Å²) in [5, 5.41) is 8.99. The van der Waals surface area contributed by atoms with Crippen LogP contribution in [0.15, 0.2) is 18.2 Å². The van der Waals surface area contributed by atoms with Crippen LogP contribution >= 0.6 is 0 Å². The zero-order valence-corrected chi connectivity index (χ0v) is 12.0. The van der Waals surface area contributed by atoms with E-state index in [0.29, 0.717) is 11.6 Å². The van der Waals surface area contributed by atoms with Crippen molar-refractivity contribution < 1.29 is 9.90 Å². The summed E-state index contributed by atoms with van der Waals surface area (Å²) in [7, 11) is 0. The van der Waals surface area contributed by atoms with Gasteiger partial charge in [0.05, 0.1) is 5.56 Å². The van der Waals surface area contributed by atoms with E-state index in [2.05, 4.69) is 18.7 Å². The molecule has 1 aliphatic rings. The third-order valence-corrected chi connectivity index (χ3v) is 3.88. The maximum atomic E-state index is 10.9. The smallest absolute Gasteiger partial charge is 0.335 e. The minimum atomic E-state index is -0.853. The molecule has 0 heterocycles. The molecular formula is C16H23NO2. The van der Waals surface area contributed by atoms with Crippen LogP contribution in [0.1, 0.15) is 48.2 Å². The Morgan fingerprint density at radius 2 is 2.11 bits per heavy atom. The van der Waals surface area contributed by atoms with E-state index < -0.39 is 5.97 Å². The normalized spacial score (nSPS) is 15.2. The molecular weight excluding hydrogens is 238 g/mol. The van der Waals surface area contributed by atoms with E-state index in [1.165, 1.54) is 18.4 Å². The van der Waals surface area contributed by atoms with Crippen molar-refractivity contribution in [2.24, 2.45) is 5.92 Å². The topological polar surface area (TPSA) is 40.5 Å². The third-order valence-electron chi connectivity index (χ3n) is 3.88. The molecule has 1 aromatic carbocycles. The monoisotopic (exact) mass is 261 g/mol. The zero-order chi connectivity index (χ0) is 14.0. The lowest BCUT2D eigenvalue weighted by Gasteiger charge is -2.27. The summed E-state index contributed by atoms with van der Waals surface area (Å²) in [5.74, 6) is 0.0225. The molecule has 0 aromatic heterocycles. The molecule has 0 unspecified atom stereocenters. The Morgan fingerprint density at radius 3 is 2.58 bits per heavy atom. The van der Waals surface area contributed by atoms with Gasteiger partial charge in [-0.2, -0.15) is 0 Å². The lowest BCUT2D eigenvalue weighted by molar-refractivity contribution is 0.0696. The van der Waals surface area contributed by atoms with Gasteiger partial charge in [-0.25, -0.2) is 4.79 Å². The summed E-state index contributed by atoms with van der Waals surface area (Å²) >= 11 is 0. The van der Waals surface area contributed by atoms with Gasteiger partial charge in [-0.15, -0.1) is 0 Å². The van der Waals surface area contributed by atoms with E-state index in [9.17, 15) is 4.79 Å². The van der Waals surface area contributed by atoms with Crippen LogP contribution in [0.4, 0.5) is 0 Å². The van der Waals surface area contributed by atoms with Crippen LogP contribution in [0.2, 0.25) is 0 Å². The lowest BCUT2D eigenvalue weighted by atomic mass is 10.0. The summed E-state index contributed by atoms with van der Waals surface area (Å²) < 4.78 is 0. The second-order valence-corrected chi connectivity index (χ2v) is 5.91. The molecule has 3 nitrogen and oxygen atoms in total. The Bertz CT molecular complexity index is 464. The number of hydrogen-bond donors (Lipinski definition) is 1. The number of carbonyl (C=O) groups is 1. The standard InChI is InChI=1S/C16H23NO2/c1-11(2)17(9-13-4-5-13)10-15-7-6-14(16(18)19)8-12(15)3/h6-8,11,13H,4-5,9-10H2,1-3H3,(H,18,19). The van der Waals surface area contributed by atoms with Crippen molar-refractivity contribution in [3.05, 3.63) is 34.9 Å². The quantitative estimate of drug-likeness (QED) is 0.854. The van der Waals surface area contributed by atoms with Gasteiger partial charge in [-0.3, -0.25) is 4.90 Å². The van der Waals surface area contributed by atoms with Crippen LogP contribution in [0.25, 0.3) is 0 Å². The number of hydrogen-bond acceptors (Lipinski definition) is 2. The van der Waals surface area contributed by atoms with Crippen molar-refractivity contribution in [3.63, 3.8) is 0 Å². The van der Waals surface area contributed by atoms with E-state index >= 15 is 0 Å². The second kappa shape index (κ2) is 5.74. The van der Waals surface area contributed by atoms with Crippen molar-refractivity contribution >= 4 is 5.97 Å². The van der Waals surface area contributed by atoms with Gasteiger partial charge in [-0.05, 0) is 62.8 Å². The molecule has 0 spiro atoms. The highest BCUT2D eigenvalue weighted by atomic mass is 16.4. The minimum absolute atomic E-state index is 0.375. The first kappa shape index (κ1) is 14.1. The molecule has 104 valence electrons. The Hall–Kier alpha value is -1.35. The van der Waals surface area contributed by atoms with Gasteiger partial charge in [0.15, 0.2) is 0 Å². The molecule has 1 aromatic rings. The van der Waals surface area contributed by atoms with Crippen LogP contribution in [-0.2, 0) is 6.54 Å². The first-order chi connectivity index (χ1) is 8.97. The average Bonchev–Trinajstić information content (AvgIpc) is 3.14. The van der Waals surface area contributed by atoms with E-state index in [4.69, 9.17) is 5.11 Å². The predicted octanol–water partition coefficient (Wildman–Crippen LogP) is 3.31. The molecule has 0 saturated heterocycles. The van der Waals surface area contributed by atoms with Gasteiger partial charge < -0.3 is 5.11 Å². The fourth-order valence-electron chi connectivity index (χ4n) is 2.32. The summed E-state index contributed by atoms with van der Waals surface area (Å²) in [6.45, 7) is 8.53. The minimum Gasteiger partial charge on any atom is -0.478 e. The van der Waals surface area contributed by atoms with E-state index in [-0.39, 0.29) is 0 Å². The predicted molar refractivity (Wildman–Crippen MR) is 76.4 cm³/mol. The number of carboxylic acid groups (broad SMARTS) is 1. The van der Waals surface area contributed by atoms with Gasteiger partial charge >= 0.3 is 5.97 Å². The van der Waals surface area contributed by atoms with E-state index in [0.717, 1.165) is 24.6 Å². The van der Waals surface area contributed by atoms with Crippen molar-refractivity contribution in [3.8, 4) is 0 Å². The largest absolute Gasteiger partial charge is 0.478 e. The summed E-state index contributed by atoms with van der Waals surface area (Å²) in [5.41, 5.74) is 2.68. The summed E-state index contributed by atoms with van der Waals surface area (Å²) in [6, 6.07) is 5.97. The molecule has 19 heavy (non-hydrogen) atoms. The fraction of sp³-hybridized carbons (Fsp3) is 0.562. The Labute approximate surface area is 115 Å². The number of aryl methyl sites for hydroxylation is 1. The van der Waals surface area contributed by atoms with Crippen LogP contribution < -0.4 is 0 Å². The van der Waals surface area contributed by atoms with E-state index in [1.807, 2.05) is 13.0 Å². The van der Waals surface area contributed by atoms with Gasteiger partial charge in [-0.1, -0.05) is 6.07 Å².